The molecule has 0 N–H and O–H groups in total. The summed E-state index contributed by atoms with van der Waals surface area (Å²) in [7, 11) is 0. The Hall–Kier alpha value is -3.32. The van der Waals surface area contributed by atoms with Crippen molar-refractivity contribution in [3.05, 3.63) is 93.7 Å². The molecule has 0 amide bonds. The van der Waals surface area contributed by atoms with Crippen LogP contribution in [0.25, 0.3) is 6.08 Å². The van der Waals surface area contributed by atoms with E-state index in [1.165, 1.54) is 6.20 Å². The molecule has 7 heteroatoms. The monoisotopic (exact) mass is 509 g/mol. The number of carbonyl (C=O) groups is 3. The van der Waals surface area contributed by atoms with E-state index in [2.05, 4.69) is 37.8 Å². The van der Waals surface area contributed by atoms with E-state index in [1.54, 1.807) is 31.3 Å². The Bertz CT molecular complexity index is 1020. The fourth-order valence-corrected chi connectivity index (χ4v) is 2.51. The largest absolute Gasteiger partial charge is 0.300 e. The highest BCUT2D eigenvalue weighted by molar-refractivity contribution is 9.10. The maximum atomic E-state index is 10.7. The number of allylic oxidation sites excluding steroid dienone is 1. The number of aromatic nitrogens is 3. The molecule has 0 aliphatic heterocycles. The summed E-state index contributed by atoms with van der Waals surface area (Å²) in [5, 5.41) is 0. The van der Waals surface area contributed by atoms with Crippen molar-refractivity contribution in [3.63, 3.8) is 0 Å². The lowest BCUT2D eigenvalue weighted by molar-refractivity contribution is -0.116. The summed E-state index contributed by atoms with van der Waals surface area (Å²) < 4.78 is 0.744. The molecule has 0 fully saturated rings. The van der Waals surface area contributed by atoms with Gasteiger partial charge in [-0.05, 0) is 71.6 Å². The second-order valence-corrected chi connectivity index (χ2v) is 7.64. The standard InChI is InChI=1S/C12H15NO.C8H9NO.C6H4BrNO/c1-3-12-8-7-11(9-13-12)6-4-5-10(2)14;1-2-8-4-3-7(6-10)5-9-8;7-6-2-1-5(4-9)3-8-6/h4,6-9H,3,5H2,1-2H3;3-6H,2H2,1H3;1-4H/b6-4+;;. The average molecular weight is 510 g/mol. The van der Waals surface area contributed by atoms with Crippen molar-refractivity contribution >= 4 is 40.4 Å². The predicted octanol–water partition coefficient (Wildman–Crippen LogP) is 5.75. The maximum absolute atomic E-state index is 10.7. The van der Waals surface area contributed by atoms with E-state index < -0.39 is 0 Å². The van der Waals surface area contributed by atoms with Gasteiger partial charge in [0.25, 0.3) is 0 Å². The average Bonchev–Trinajstić information content (AvgIpc) is 2.85. The summed E-state index contributed by atoms with van der Waals surface area (Å²) in [4.78, 5) is 43.0. The molecule has 0 aromatic carbocycles. The van der Waals surface area contributed by atoms with Crippen LogP contribution in [0.3, 0.4) is 0 Å². The van der Waals surface area contributed by atoms with E-state index in [0.717, 1.165) is 47.0 Å². The Morgan fingerprint density at radius 3 is 1.64 bits per heavy atom. The number of rotatable bonds is 7. The summed E-state index contributed by atoms with van der Waals surface area (Å²) in [6, 6.07) is 11.1. The van der Waals surface area contributed by atoms with Crippen molar-refractivity contribution in [2.75, 3.05) is 0 Å². The van der Waals surface area contributed by atoms with Crippen molar-refractivity contribution in [2.24, 2.45) is 0 Å². The smallest absolute Gasteiger partial charge is 0.151 e. The fraction of sp³-hybridized carbons (Fsp3) is 0.231. The van der Waals surface area contributed by atoms with Crippen molar-refractivity contribution < 1.29 is 14.4 Å². The number of nitrogens with zero attached hydrogens (tertiary/aromatic N) is 3. The van der Waals surface area contributed by atoms with Crippen LogP contribution in [-0.4, -0.2) is 33.3 Å². The number of halogens is 1. The Morgan fingerprint density at radius 1 is 0.788 bits per heavy atom. The van der Waals surface area contributed by atoms with E-state index in [4.69, 9.17) is 0 Å². The first-order valence-corrected chi connectivity index (χ1v) is 11.3. The molecule has 0 aliphatic carbocycles. The van der Waals surface area contributed by atoms with Crippen molar-refractivity contribution in [3.8, 4) is 0 Å². The highest BCUT2D eigenvalue weighted by Gasteiger charge is 1.92. The lowest BCUT2D eigenvalue weighted by Crippen LogP contribution is -1.87. The van der Waals surface area contributed by atoms with Gasteiger partial charge < -0.3 is 0 Å². The highest BCUT2D eigenvalue weighted by Crippen LogP contribution is 2.04. The van der Waals surface area contributed by atoms with Gasteiger partial charge in [-0.25, -0.2) is 4.98 Å². The molecule has 0 saturated heterocycles. The Morgan fingerprint density at radius 2 is 1.27 bits per heavy atom. The zero-order valence-corrected chi connectivity index (χ0v) is 20.7. The van der Waals surface area contributed by atoms with Gasteiger partial charge in [0.2, 0.25) is 0 Å². The van der Waals surface area contributed by atoms with Crippen LogP contribution < -0.4 is 0 Å². The maximum Gasteiger partial charge on any atom is 0.151 e. The van der Waals surface area contributed by atoms with Gasteiger partial charge in [0.05, 0.1) is 0 Å². The van der Waals surface area contributed by atoms with Crippen LogP contribution in [0.5, 0.6) is 0 Å². The number of Topliss-reactive ketones (excluding diaryl/α,β-unsaturated/α-hetero) is 1. The molecule has 0 atom stereocenters. The highest BCUT2D eigenvalue weighted by atomic mass is 79.9. The first kappa shape index (κ1) is 27.7. The molecule has 3 aromatic rings. The van der Waals surface area contributed by atoms with Crippen LogP contribution in [0, 0.1) is 0 Å². The third-order valence-electron chi connectivity index (χ3n) is 4.16. The van der Waals surface area contributed by atoms with Crippen LogP contribution in [0.1, 0.15) is 64.9 Å². The van der Waals surface area contributed by atoms with Crippen LogP contribution in [-0.2, 0) is 17.6 Å². The number of aryl methyl sites for hydroxylation is 2. The molecular formula is C26H28BrN3O3. The third kappa shape index (κ3) is 12.3. The molecular weight excluding hydrogens is 482 g/mol. The SMILES string of the molecule is CCc1ccc(/C=C/CC(C)=O)cn1.CCc1ccc(C=O)cn1.O=Cc1ccc(Br)nc1. The van der Waals surface area contributed by atoms with E-state index in [9.17, 15) is 14.4 Å². The molecule has 0 saturated carbocycles. The Balaban J connectivity index is 0.000000255. The fourth-order valence-electron chi connectivity index (χ4n) is 2.28. The molecule has 0 spiro atoms. The van der Waals surface area contributed by atoms with Gasteiger partial charge >= 0.3 is 0 Å². The number of pyridine rings is 3. The van der Waals surface area contributed by atoms with E-state index in [0.29, 0.717) is 17.5 Å². The quantitative estimate of drug-likeness (QED) is 0.297. The minimum absolute atomic E-state index is 0.180. The predicted molar refractivity (Wildman–Crippen MR) is 134 cm³/mol. The second-order valence-electron chi connectivity index (χ2n) is 6.83. The molecule has 6 nitrogen and oxygen atoms in total. The van der Waals surface area contributed by atoms with Crippen molar-refractivity contribution in [2.45, 2.75) is 40.0 Å². The number of carbonyl (C=O) groups excluding carboxylic acids is 3. The minimum Gasteiger partial charge on any atom is -0.300 e. The summed E-state index contributed by atoms with van der Waals surface area (Å²) in [6.45, 7) is 5.69. The van der Waals surface area contributed by atoms with Crippen LogP contribution in [0.4, 0.5) is 0 Å². The van der Waals surface area contributed by atoms with Gasteiger partial charge in [0.15, 0.2) is 12.6 Å². The van der Waals surface area contributed by atoms with E-state index in [1.807, 2.05) is 43.5 Å². The van der Waals surface area contributed by atoms with Crippen LogP contribution >= 0.6 is 15.9 Å². The molecule has 0 bridgehead atoms. The van der Waals surface area contributed by atoms with E-state index >= 15 is 0 Å². The minimum atomic E-state index is 0.180. The molecule has 3 rings (SSSR count). The van der Waals surface area contributed by atoms with Crippen LogP contribution in [0.15, 0.2) is 65.7 Å². The van der Waals surface area contributed by atoms with Gasteiger partial charge in [-0.2, -0.15) is 0 Å². The lowest BCUT2D eigenvalue weighted by atomic mass is 10.2. The number of ketones is 1. The summed E-state index contributed by atoms with van der Waals surface area (Å²) in [5.41, 5.74) is 4.39. The van der Waals surface area contributed by atoms with E-state index in [-0.39, 0.29) is 5.78 Å². The van der Waals surface area contributed by atoms with Gasteiger partial charge in [0.1, 0.15) is 10.4 Å². The second kappa shape index (κ2) is 16.3. The molecule has 0 unspecified atom stereocenters. The Kier molecular flexibility index (Phi) is 13.7. The van der Waals surface area contributed by atoms with Crippen molar-refractivity contribution in [1.29, 1.82) is 0 Å². The number of aldehydes is 2. The van der Waals surface area contributed by atoms with Gasteiger partial charge in [-0.15, -0.1) is 0 Å². The number of hydrogen-bond donors (Lipinski definition) is 0. The molecule has 172 valence electrons. The van der Waals surface area contributed by atoms with Crippen molar-refractivity contribution in [1.82, 2.24) is 15.0 Å². The first-order valence-electron chi connectivity index (χ1n) is 10.5. The summed E-state index contributed by atoms with van der Waals surface area (Å²) in [5.74, 6) is 0.180. The molecule has 0 aliphatic rings. The molecule has 3 heterocycles. The van der Waals surface area contributed by atoms with Gasteiger partial charge in [-0.1, -0.05) is 32.1 Å². The van der Waals surface area contributed by atoms with Gasteiger partial charge in [-0.3, -0.25) is 24.4 Å². The molecule has 0 radical (unpaired) electrons. The molecule has 3 aromatic heterocycles. The number of hydrogen-bond acceptors (Lipinski definition) is 6. The molecule has 33 heavy (non-hydrogen) atoms. The van der Waals surface area contributed by atoms with Crippen LogP contribution in [0.2, 0.25) is 0 Å². The first-order chi connectivity index (χ1) is 15.9. The zero-order chi connectivity index (χ0) is 24.5. The lowest BCUT2D eigenvalue weighted by Gasteiger charge is -1.95. The zero-order valence-electron chi connectivity index (χ0n) is 19.1. The topological polar surface area (TPSA) is 89.9 Å². The third-order valence-corrected chi connectivity index (χ3v) is 4.63. The summed E-state index contributed by atoms with van der Waals surface area (Å²) in [6.07, 6.45) is 12.6. The van der Waals surface area contributed by atoms with Gasteiger partial charge in [0, 0.05) is 47.5 Å². The normalized spacial score (nSPS) is 9.82. The Labute approximate surface area is 203 Å². The summed E-state index contributed by atoms with van der Waals surface area (Å²) >= 11 is 3.15.